The van der Waals surface area contributed by atoms with E-state index in [9.17, 15) is 9.18 Å². The summed E-state index contributed by atoms with van der Waals surface area (Å²) in [6.07, 6.45) is 0. The van der Waals surface area contributed by atoms with Gasteiger partial charge in [-0.3, -0.25) is 9.69 Å². The minimum absolute atomic E-state index is 0.116. The molecule has 122 valence electrons. The summed E-state index contributed by atoms with van der Waals surface area (Å²) in [7, 11) is 1.58. The molecule has 1 aliphatic rings. The van der Waals surface area contributed by atoms with E-state index in [1.165, 1.54) is 12.1 Å². The summed E-state index contributed by atoms with van der Waals surface area (Å²) in [5, 5.41) is 0. The average molecular weight is 309 g/mol. The van der Waals surface area contributed by atoms with Gasteiger partial charge < -0.3 is 15.4 Å². The fourth-order valence-electron chi connectivity index (χ4n) is 2.65. The SMILES string of the molecule is COc1ccc(F)cc1CN1CCN(C(=O)C(C)CN)CC1. The third-order valence-corrected chi connectivity index (χ3v) is 4.10. The topological polar surface area (TPSA) is 58.8 Å². The van der Waals surface area contributed by atoms with E-state index in [1.54, 1.807) is 13.2 Å². The van der Waals surface area contributed by atoms with Crippen molar-refractivity contribution in [2.45, 2.75) is 13.5 Å². The molecule has 0 saturated carbocycles. The Hall–Kier alpha value is -1.66. The molecule has 0 aromatic heterocycles. The van der Waals surface area contributed by atoms with Crippen LogP contribution in [0.4, 0.5) is 4.39 Å². The van der Waals surface area contributed by atoms with Gasteiger partial charge in [0.15, 0.2) is 0 Å². The van der Waals surface area contributed by atoms with E-state index >= 15 is 0 Å². The fourth-order valence-corrected chi connectivity index (χ4v) is 2.65. The summed E-state index contributed by atoms with van der Waals surface area (Å²) in [5.41, 5.74) is 6.38. The van der Waals surface area contributed by atoms with Crippen LogP contribution in [0.3, 0.4) is 0 Å². The van der Waals surface area contributed by atoms with Crippen molar-refractivity contribution in [3.05, 3.63) is 29.6 Å². The number of halogens is 1. The van der Waals surface area contributed by atoms with E-state index in [4.69, 9.17) is 10.5 Å². The van der Waals surface area contributed by atoms with Crippen molar-refractivity contribution < 1.29 is 13.9 Å². The molecule has 1 aromatic carbocycles. The number of methoxy groups -OCH3 is 1. The van der Waals surface area contributed by atoms with Crippen LogP contribution in [0, 0.1) is 11.7 Å². The predicted octanol–water partition coefficient (Wildman–Crippen LogP) is 1.07. The highest BCUT2D eigenvalue weighted by atomic mass is 19.1. The van der Waals surface area contributed by atoms with Crippen LogP contribution in [0.1, 0.15) is 12.5 Å². The molecule has 1 amide bonds. The van der Waals surface area contributed by atoms with E-state index in [0.717, 1.165) is 18.7 Å². The number of nitrogens with two attached hydrogens (primary N) is 1. The highest BCUT2D eigenvalue weighted by molar-refractivity contribution is 5.78. The second kappa shape index (κ2) is 7.56. The molecule has 1 saturated heterocycles. The zero-order valence-corrected chi connectivity index (χ0v) is 13.2. The van der Waals surface area contributed by atoms with Crippen molar-refractivity contribution >= 4 is 5.91 Å². The number of carbonyl (C=O) groups excluding carboxylic acids is 1. The largest absolute Gasteiger partial charge is 0.496 e. The maximum atomic E-state index is 13.4. The smallest absolute Gasteiger partial charge is 0.226 e. The van der Waals surface area contributed by atoms with Crippen molar-refractivity contribution in [1.82, 2.24) is 9.80 Å². The monoisotopic (exact) mass is 309 g/mol. The molecular weight excluding hydrogens is 285 g/mol. The summed E-state index contributed by atoms with van der Waals surface area (Å²) in [6.45, 7) is 5.74. The van der Waals surface area contributed by atoms with Crippen LogP contribution >= 0.6 is 0 Å². The van der Waals surface area contributed by atoms with Crippen molar-refractivity contribution in [2.24, 2.45) is 11.7 Å². The first kappa shape index (κ1) is 16.7. The molecule has 0 radical (unpaired) electrons. The molecule has 0 spiro atoms. The molecule has 0 aliphatic carbocycles. The number of nitrogens with zero attached hydrogens (tertiary/aromatic N) is 2. The zero-order chi connectivity index (χ0) is 16.1. The number of benzene rings is 1. The van der Waals surface area contributed by atoms with Gasteiger partial charge in [0.05, 0.1) is 7.11 Å². The molecule has 5 nitrogen and oxygen atoms in total. The van der Waals surface area contributed by atoms with Crippen LogP contribution in [-0.2, 0) is 11.3 Å². The lowest BCUT2D eigenvalue weighted by Crippen LogP contribution is -2.50. The average Bonchev–Trinajstić information content (AvgIpc) is 2.54. The van der Waals surface area contributed by atoms with Crippen LogP contribution < -0.4 is 10.5 Å². The van der Waals surface area contributed by atoms with Gasteiger partial charge in [-0.1, -0.05) is 6.92 Å². The number of piperazine rings is 1. The maximum Gasteiger partial charge on any atom is 0.226 e. The Kier molecular flexibility index (Phi) is 5.74. The van der Waals surface area contributed by atoms with Crippen LogP contribution in [-0.4, -0.2) is 55.5 Å². The Labute approximate surface area is 130 Å². The molecule has 0 bridgehead atoms. The van der Waals surface area contributed by atoms with E-state index in [-0.39, 0.29) is 17.6 Å². The Morgan fingerprint density at radius 2 is 2.05 bits per heavy atom. The number of amides is 1. The minimum Gasteiger partial charge on any atom is -0.496 e. The zero-order valence-electron chi connectivity index (χ0n) is 13.2. The second-order valence-corrected chi connectivity index (χ2v) is 5.69. The first-order chi connectivity index (χ1) is 10.5. The Morgan fingerprint density at radius 1 is 1.36 bits per heavy atom. The molecule has 2 rings (SSSR count). The van der Waals surface area contributed by atoms with Crippen molar-refractivity contribution in [1.29, 1.82) is 0 Å². The number of carbonyl (C=O) groups is 1. The molecular formula is C16H24FN3O2. The van der Waals surface area contributed by atoms with Gasteiger partial charge >= 0.3 is 0 Å². The number of hydrogen-bond donors (Lipinski definition) is 1. The van der Waals surface area contributed by atoms with Crippen LogP contribution in [0.5, 0.6) is 5.75 Å². The van der Waals surface area contributed by atoms with Crippen LogP contribution in [0.2, 0.25) is 0 Å². The van der Waals surface area contributed by atoms with E-state index in [2.05, 4.69) is 4.90 Å². The molecule has 1 unspecified atom stereocenters. The standard InChI is InChI=1S/C16H24FN3O2/c1-12(10-18)16(21)20-7-5-19(6-8-20)11-13-9-14(17)3-4-15(13)22-2/h3-4,9,12H,5-8,10-11,18H2,1-2H3. The van der Waals surface area contributed by atoms with E-state index in [1.807, 2.05) is 11.8 Å². The van der Waals surface area contributed by atoms with Gasteiger partial charge in [-0.05, 0) is 18.2 Å². The predicted molar refractivity (Wildman–Crippen MR) is 83.0 cm³/mol. The summed E-state index contributed by atoms with van der Waals surface area (Å²) >= 11 is 0. The molecule has 1 heterocycles. The van der Waals surface area contributed by atoms with Crippen molar-refractivity contribution in [3.8, 4) is 5.75 Å². The van der Waals surface area contributed by atoms with Gasteiger partial charge in [0, 0.05) is 50.7 Å². The summed E-state index contributed by atoms with van der Waals surface area (Å²) < 4.78 is 18.7. The van der Waals surface area contributed by atoms with Gasteiger partial charge in [-0.2, -0.15) is 0 Å². The highest BCUT2D eigenvalue weighted by Gasteiger charge is 2.24. The van der Waals surface area contributed by atoms with Crippen molar-refractivity contribution in [3.63, 3.8) is 0 Å². The summed E-state index contributed by atoms with van der Waals surface area (Å²) in [6, 6.07) is 4.55. The first-order valence-electron chi connectivity index (χ1n) is 7.58. The molecule has 1 aliphatic heterocycles. The van der Waals surface area contributed by atoms with Gasteiger partial charge in [0.2, 0.25) is 5.91 Å². The van der Waals surface area contributed by atoms with Crippen LogP contribution in [0.15, 0.2) is 18.2 Å². The molecule has 1 fully saturated rings. The molecule has 22 heavy (non-hydrogen) atoms. The number of rotatable bonds is 5. The van der Waals surface area contributed by atoms with E-state index < -0.39 is 0 Å². The third-order valence-electron chi connectivity index (χ3n) is 4.10. The van der Waals surface area contributed by atoms with Gasteiger partial charge in [0.25, 0.3) is 0 Å². The van der Waals surface area contributed by atoms with Gasteiger partial charge in [0.1, 0.15) is 11.6 Å². The normalized spacial score (nSPS) is 17.4. The Bertz CT molecular complexity index is 516. The van der Waals surface area contributed by atoms with Gasteiger partial charge in [-0.25, -0.2) is 4.39 Å². The molecule has 1 aromatic rings. The quantitative estimate of drug-likeness (QED) is 0.884. The summed E-state index contributed by atoms with van der Waals surface area (Å²) in [4.78, 5) is 16.2. The van der Waals surface area contributed by atoms with Gasteiger partial charge in [-0.15, -0.1) is 0 Å². The molecule has 6 heteroatoms. The van der Waals surface area contributed by atoms with Crippen LogP contribution in [0.25, 0.3) is 0 Å². The lowest BCUT2D eigenvalue weighted by molar-refractivity contribution is -0.136. The number of ether oxygens (including phenoxy) is 1. The second-order valence-electron chi connectivity index (χ2n) is 5.69. The number of hydrogen-bond acceptors (Lipinski definition) is 4. The highest BCUT2D eigenvalue weighted by Crippen LogP contribution is 2.21. The van der Waals surface area contributed by atoms with Crippen molar-refractivity contribution in [2.75, 3.05) is 39.8 Å². The Morgan fingerprint density at radius 3 is 2.64 bits per heavy atom. The molecule has 2 N–H and O–H groups in total. The minimum atomic E-state index is -0.263. The Balaban J connectivity index is 1.93. The first-order valence-corrected chi connectivity index (χ1v) is 7.58. The lowest BCUT2D eigenvalue weighted by atomic mass is 10.1. The van der Waals surface area contributed by atoms with E-state index in [0.29, 0.717) is 31.9 Å². The fraction of sp³-hybridized carbons (Fsp3) is 0.562. The lowest BCUT2D eigenvalue weighted by Gasteiger charge is -2.36. The third kappa shape index (κ3) is 3.96. The molecule has 1 atom stereocenters. The summed E-state index contributed by atoms with van der Waals surface area (Å²) in [5.74, 6) is 0.415. The maximum absolute atomic E-state index is 13.4.